The first kappa shape index (κ1) is 20.3. The molecule has 0 spiro atoms. The first-order chi connectivity index (χ1) is 12.3. The molecule has 1 aromatic rings. The van der Waals surface area contributed by atoms with Crippen LogP contribution in [-0.4, -0.2) is 42.3 Å². The van der Waals surface area contributed by atoms with Gasteiger partial charge in [0.2, 0.25) is 0 Å². The molecule has 1 fully saturated rings. The number of nitro groups is 1. The lowest BCUT2D eigenvalue weighted by Crippen LogP contribution is -2.67. The molecule has 0 bridgehead atoms. The van der Waals surface area contributed by atoms with Gasteiger partial charge in [-0.25, -0.2) is 0 Å². The highest BCUT2D eigenvalue weighted by molar-refractivity contribution is 5.74. The second kappa shape index (κ2) is 8.60. The van der Waals surface area contributed by atoms with E-state index in [1.165, 1.54) is 7.11 Å². The quantitative estimate of drug-likeness (QED) is 0.412. The maximum absolute atomic E-state index is 11.8. The van der Waals surface area contributed by atoms with Gasteiger partial charge in [-0.15, -0.1) is 0 Å². The summed E-state index contributed by atoms with van der Waals surface area (Å²) in [7, 11) is 1.34. The van der Waals surface area contributed by atoms with E-state index in [2.05, 4.69) is 5.32 Å². The Labute approximate surface area is 154 Å². The Morgan fingerprint density at radius 3 is 2.42 bits per heavy atom. The SMILES string of the molecule is COC(=O)C1CC(N[C@H](C)c2ccccc2)(C(COC(C)C)[N+](=O)[O-])C1. The van der Waals surface area contributed by atoms with Crippen LogP contribution >= 0.6 is 0 Å². The molecule has 26 heavy (non-hydrogen) atoms. The van der Waals surface area contributed by atoms with Crippen molar-refractivity contribution in [2.75, 3.05) is 13.7 Å². The molecule has 0 aromatic heterocycles. The maximum Gasteiger partial charge on any atom is 0.308 e. The molecular weight excluding hydrogens is 336 g/mol. The summed E-state index contributed by atoms with van der Waals surface area (Å²) in [4.78, 5) is 23.3. The summed E-state index contributed by atoms with van der Waals surface area (Å²) in [5.74, 6) is -0.640. The van der Waals surface area contributed by atoms with E-state index in [0.29, 0.717) is 12.8 Å². The van der Waals surface area contributed by atoms with Crippen LogP contribution in [0.5, 0.6) is 0 Å². The summed E-state index contributed by atoms with van der Waals surface area (Å²) in [6.07, 6.45) is 0.631. The van der Waals surface area contributed by atoms with Crippen LogP contribution in [0.2, 0.25) is 0 Å². The predicted molar refractivity (Wildman–Crippen MR) is 97.3 cm³/mol. The molecule has 1 N–H and O–H groups in total. The molecule has 0 amide bonds. The number of nitrogens with one attached hydrogen (secondary N) is 1. The van der Waals surface area contributed by atoms with Gasteiger partial charge in [0.05, 0.1) is 24.7 Å². The van der Waals surface area contributed by atoms with Crippen molar-refractivity contribution in [3.63, 3.8) is 0 Å². The summed E-state index contributed by atoms with van der Waals surface area (Å²) >= 11 is 0. The van der Waals surface area contributed by atoms with E-state index in [0.717, 1.165) is 5.56 Å². The Kier molecular flexibility index (Phi) is 6.72. The molecule has 1 aliphatic carbocycles. The third kappa shape index (κ3) is 4.59. The van der Waals surface area contributed by atoms with Gasteiger partial charge in [-0.2, -0.15) is 0 Å². The molecular formula is C19H28N2O5. The van der Waals surface area contributed by atoms with Crippen LogP contribution in [0.1, 0.15) is 45.2 Å². The van der Waals surface area contributed by atoms with E-state index in [1.54, 1.807) is 0 Å². The minimum Gasteiger partial charge on any atom is -0.469 e. The van der Waals surface area contributed by atoms with E-state index in [1.807, 2.05) is 51.1 Å². The van der Waals surface area contributed by atoms with Crippen LogP contribution in [0.3, 0.4) is 0 Å². The highest BCUT2D eigenvalue weighted by Crippen LogP contribution is 2.43. The molecule has 1 saturated carbocycles. The van der Waals surface area contributed by atoms with Crippen LogP contribution < -0.4 is 5.32 Å². The van der Waals surface area contributed by atoms with E-state index in [-0.39, 0.29) is 35.6 Å². The summed E-state index contributed by atoms with van der Waals surface area (Å²) in [6, 6.07) is 8.74. The summed E-state index contributed by atoms with van der Waals surface area (Å²) in [5.41, 5.74) is 0.243. The first-order valence-electron chi connectivity index (χ1n) is 8.94. The van der Waals surface area contributed by atoms with Gasteiger partial charge in [0, 0.05) is 11.0 Å². The van der Waals surface area contributed by atoms with E-state index >= 15 is 0 Å². The van der Waals surface area contributed by atoms with Gasteiger partial charge in [0.1, 0.15) is 6.61 Å². The lowest BCUT2D eigenvalue weighted by atomic mass is 9.64. The van der Waals surface area contributed by atoms with Crippen molar-refractivity contribution in [3.05, 3.63) is 46.0 Å². The topological polar surface area (TPSA) is 90.7 Å². The van der Waals surface area contributed by atoms with Gasteiger partial charge in [0.15, 0.2) is 0 Å². The standard InChI is InChI=1S/C19H28N2O5/c1-13(2)26-12-17(21(23)24)19(10-16(11-19)18(22)25-4)20-14(3)15-8-6-5-7-9-15/h5-9,13-14,16-17,20H,10-12H2,1-4H3/t14-,16?,17?,19?/m1/s1. The zero-order chi connectivity index (χ0) is 19.3. The van der Waals surface area contributed by atoms with Gasteiger partial charge in [-0.05, 0) is 39.2 Å². The van der Waals surface area contributed by atoms with Crippen LogP contribution in [-0.2, 0) is 14.3 Å². The average Bonchev–Trinajstić information content (AvgIpc) is 2.58. The maximum atomic E-state index is 11.8. The Balaban J connectivity index is 2.21. The third-order valence-corrected chi connectivity index (χ3v) is 5.04. The van der Waals surface area contributed by atoms with Crippen molar-refractivity contribution < 1.29 is 19.2 Å². The monoisotopic (exact) mass is 364 g/mol. The molecule has 2 atom stereocenters. The highest BCUT2D eigenvalue weighted by atomic mass is 16.6. The fraction of sp³-hybridized carbons (Fsp3) is 0.632. The molecule has 0 saturated heterocycles. The third-order valence-electron chi connectivity index (χ3n) is 5.04. The zero-order valence-corrected chi connectivity index (χ0v) is 15.8. The van der Waals surface area contributed by atoms with Gasteiger partial charge >= 0.3 is 5.97 Å². The highest BCUT2D eigenvalue weighted by Gasteiger charge is 2.58. The van der Waals surface area contributed by atoms with Crippen molar-refractivity contribution in [2.45, 2.75) is 57.3 Å². The fourth-order valence-electron chi connectivity index (χ4n) is 3.60. The van der Waals surface area contributed by atoms with Crippen LogP contribution in [0.15, 0.2) is 30.3 Å². The van der Waals surface area contributed by atoms with Crippen molar-refractivity contribution in [1.29, 1.82) is 0 Å². The Bertz CT molecular complexity index is 614. The summed E-state index contributed by atoms with van der Waals surface area (Å²) in [6.45, 7) is 5.68. The van der Waals surface area contributed by atoms with Gasteiger partial charge in [0.25, 0.3) is 6.04 Å². The second-order valence-electron chi connectivity index (χ2n) is 7.24. The molecule has 2 rings (SSSR count). The molecule has 0 radical (unpaired) electrons. The van der Waals surface area contributed by atoms with Crippen LogP contribution in [0.4, 0.5) is 0 Å². The van der Waals surface area contributed by atoms with Crippen molar-refractivity contribution >= 4 is 5.97 Å². The smallest absolute Gasteiger partial charge is 0.308 e. The normalized spacial score (nSPS) is 24.6. The first-order valence-corrected chi connectivity index (χ1v) is 8.94. The van der Waals surface area contributed by atoms with Crippen molar-refractivity contribution in [1.82, 2.24) is 5.32 Å². The lowest BCUT2D eigenvalue weighted by molar-refractivity contribution is -0.544. The number of carbonyl (C=O) groups is 1. The van der Waals surface area contributed by atoms with Crippen LogP contribution in [0.25, 0.3) is 0 Å². The Morgan fingerprint density at radius 2 is 1.92 bits per heavy atom. The molecule has 1 unspecified atom stereocenters. The molecule has 0 heterocycles. The minimum absolute atomic E-state index is 0.00701. The number of carbonyl (C=O) groups excluding carboxylic acids is 1. The number of methoxy groups -OCH3 is 1. The average molecular weight is 364 g/mol. The number of ether oxygens (including phenoxy) is 2. The van der Waals surface area contributed by atoms with Gasteiger partial charge in [-0.1, -0.05) is 30.3 Å². The molecule has 144 valence electrons. The number of nitrogens with zero attached hydrogens (tertiary/aromatic N) is 1. The Hall–Kier alpha value is -1.99. The molecule has 1 aromatic carbocycles. The predicted octanol–water partition coefficient (Wildman–Crippen LogP) is 2.73. The van der Waals surface area contributed by atoms with Crippen molar-refractivity contribution in [2.24, 2.45) is 5.92 Å². The molecule has 7 heteroatoms. The Morgan fingerprint density at radius 1 is 1.31 bits per heavy atom. The van der Waals surface area contributed by atoms with Crippen LogP contribution in [0, 0.1) is 16.0 Å². The number of benzene rings is 1. The number of hydrogen-bond donors (Lipinski definition) is 1. The molecule has 1 aliphatic rings. The summed E-state index contributed by atoms with van der Waals surface area (Å²) < 4.78 is 10.4. The molecule has 7 nitrogen and oxygen atoms in total. The lowest BCUT2D eigenvalue weighted by Gasteiger charge is -2.49. The second-order valence-corrected chi connectivity index (χ2v) is 7.24. The number of hydrogen-bond acceptors (Lipinski definition) is 6. The minimum atomic E-state index is -0.933. The number of rotatable bonds is 9. The van der Waals surface area contributed by atoms with Gasteiger partial charge < -0.3 is 9.47 Å². The summed E-state index contributed by atoms with van der Waals surface area (Å²) in [5, 5.41) is 15.2. The van der Waals surface area contributed by atoms with E-state index < -0.39 is 11.6 Å². The largest absolute Gasteiger partial charge is 0.469 e. The van der Waals surface area contributed by atoms with Crippen molar-refractivity contribution in [3.8, 4) is 0 Å². The fourth-order valence-corrected chi connectivity index (χ4v) is 3.60. The molecule has 0 aliphatic heterocycles. The van der Waals surface area contributed by atoms with E-state index in [9.17, 15) is 14.9 Å². The number of esters is 1. The zero-order valence-electron chi connectivity index (χ0n) is 15.8. The van der Waals surface area contributed by atoms with Gasteiger partial charge in [-0.3, -0.25) is 20.2 Å². The van der Waals surface area contributed by atoms with E-state index in [4.69, 9.17) is 9.47 Å².